The molecular formula is C33H46N4O3. The molecule has 1 atom stereocenters. The third kappa shape index (κ3) is 11.3. The van der Waals surface area contributed by atoms with E-state index in [0.717, 1.165) is 54.0 Å². The van der Waals surface area contributed by atoms with Crippen LogP contribution in [0.3, 0.4) is 0 Å². The van der Waals surface area contributed by atoms with Crippen LogP contribution in [0.1, 0.15) is 80.4 Å². The molecule has 40 heavy (non-hydrogen) atoms. The lowest BCUT2D eigenvalue weighted by molar-refractivity contribution is 0.0908. The van der Waals surface area contributed by atoms with Crippen molar-refractivity contribution in [3.05, 3.63) is 83.2 Å². The van der Waals surface area contributed by atoms with Gasteiger partial charge in [-0.1, -0.05) is 42.8 Å². The molecule has 0 aliphatic heterocycles. The number of unbranched alkanes of at least 4 members (excludes halogenated alkanes) is 1. The van der Waals surface area contributed by atoms with Gasteiger partial charge in [-0.2, -0.15) is 0 Å². The molecule has 0 saturated carbocycles. The van der Waals surface area contributed by atoms with E-state index in [1.54, 1.807) is 12.3 Å². The molecule has 0 saturated heterocycles. The van der Waals surface area contributed by atoms with Gasteiger partial charge in [0.25, 0.3) is 5.91 Å². The lowest BCUT2D eigenvalue weighted by atomic mass is 10.1. The number of benzene rings is 2. The van der Waals surface area contributed by atoms with Crippen LogP contribution in [0.5, 0.6) is 0 Å². The largest absolute Gasteiger partial charge is 0.394 e. The third-order valence-corrected chi connectivity index (χ3v) is 6.38. The number of aliphatic imine (C=N–C) groups is 2. The summed E-state index contributed by atoms with van der Waals surface area (Å²) < 4.78 is 5.51. The van der Waals surface area contributed by atoms with E-state index in [1.165, 1.54) is 5.56 Å². The van der Waals surface area contributed by atoms with E-state index < -0.39 is 0 Å². The van der Waals surface area contributed by atoms with E-state index in [9.17, 15) is 9.90 Å². The van der Waals surface area contributed by atoms with Crippen molar-refractivity contribution in [2.45, 2.75) is 73.3 Å². The molecule has 0 spiro atoms. The summed E-state index contributed by atoms with van der Waals surface area (Å²) >= 11 is 0. The van der Waals surface area contributed by atoms with Crippen LogP contribution in [0.2, 0.25) is 0 Å². The highest BCUT2D eigenvalue weighted by Crippen LogP contribution is 2.17. The molecule has 1 amide bonds. The second-order valence-electron chi connectivity index (χ2n) is 9.97. The molecule has 0 bridgehead atoms. The fraction of sp³-hybridized carbons (Fsp3) is 0.424. The van der Waals surface area contributed by atoms with Crippen LogP contribution < -0.4 is 10.6 Å². The normalized spacial score (nSPS) is 13.5. The topological polar surface area (TPSA) is 95.3 Å². The number of rotatable bonds is 15. The number of aliphatic hydroxyl groups is 1. The molecule has 2 rings (SSSR count). The van der Waals surface area contributed by atoms with Gasteiger partial charge in [0.05, 0.1) is 18.4 Å². The minimum atomic E-state index is -0.286. The Labute approximate surface area is 240 Å². The highest BCUT2D eigenvalue weighted by atomic mass is 16.5. The minimum Gasteiger partial charge on any atom is -0.394 e. The van der Waals surface area contributed by atoms with Gasteiger partial charge in [0.15, 0.2) is 5.84 Å². The van der Waals surface area contributed by atoms with E-state index in [0.29, 0.717) is 24.4 Å². The number of allylic oxidation sites excluding steroid dienone is 2. The Morgan fingerprint density at radius 1 is 1.05 bits per heavy atom. The number of nitrogens with one attached hydrogen (secondary N) is 2. The van der Waals surface area contributed by atoms with E-state index in [2.05, 4.69) is 58.7 Å². The average Bonchev–Trinajstić information content (AvgIpc) is 2.95. The van der Waals surface area contributed by atoms with Crippen molar-refractivity contribution in [3.8, 4) is 0 Å². The Morgan fingerprint density at radius 3 is 2.45 bits per heavy atom. The zero-order valence-corrected chi connectivity index (χ0v) is 25.0. The monoisotopic (exact) mass is 546 g/mol. The lowest BCUT2D eigenvalue weighted by Crippen LogP contribution is -2.37. The van der Waals surface area contributed by atoms with Gasteiger partial charge in [-0.05, 0) is 95.2 Å². The Kier molecular flexibility index (Phi) is 14.6. The quantitative estimate of drug-likeness (QED) is 0.129. The summed E-state index contributed by atoms with van der Waals surface area (Å²) in [5.74, 6) is 0.425. The molecule has 0 heterocycles. The summed E-state index contributed by atoms with van der Waals surface area (Å²) in [5, 5.41) is 16.1. The van der Waals surface area contributed by atoms with E-state index in [4.69, 9.17) is 4.74 Å². The van der Waals surface area contributed by atoms with Crippen LogP contribution in [0.25, 0.3) is 5.57 Å². The molecule has 0 aromatic heterocycles. The molecule has 0 aliphatic carbocycles. The number of nitrogens with zero attached hydrogens (tertiary/aromatic N) is 2. The number of amides is 1. The number of carbonyl (C=O) groups is 1. The van der Waals surface area contributed by atoms with Gasteiger partial charge in [-0.25, -0.2) is 4.99 Å². The Hall–Kier alpha value is -3.55. The molecule has 1 unspecified atom stereocenters. The van der Waals surface area contributed by atoms with Crippen molar-refractivity contribution >= 4 is 28.7 Å². The fourth-order valence-corrected chi connectivity index (χ4v) is 3.96. The molecule has 216 valence electrons. The molecule has 0 fully saturated rings. The van der Waals surface area contributed by atoms with E-state index in [-0.39, 0.29) is 18.6 Å². The highest BCUT2D eigenvalue weighted by molar-refractivity contribution is 6.45. The number of hydrogen-bond acceptors (Lipinski definition) is 5. The zero-order chi connectivity index (χ0) is 29.3. The van der Waals surface area contributed by atoms with Crippen molar-refractivity contribution in [3.63, 3.8) is 0 Å². The van der Waals surface area contributed by atoms with Gasteiger partial charge in [-0.3, -0.25) is 9.79 Å². The van der Waals surface area contributed by atoms with Crippen LogP contribution in [-0.2, 0) is 4.74 Å². The maximum atomic E-state index is 13.0. The summed E-state index contributed by atoms with van der Waals surface area (Å²) in [4.78, 5) is 22.1. The predicted molar refractivity (Wildman–Crippen MR) is 168 cm³/mol. The Balaban J connectivity index is 2.08. The number of anilines is 1. The Morgan fingerprint density at radius 2 is 1.80 bits per heavy atom. The Bertz CT molecular complexity index is 1200. The zero-order valence-electron chi connectivity index (χ0n) is 25.0. The second-order valence-corrected chi connectivity index (χ2v) is 9.97. The first-order valence-electron chi connectivity index (χ1n) is 14.1. The van der Waals surface area contributed by atoms with Crippen LogP contribution >= 0.6 is 0 Å². The van der Waals surface area contributed by atoms with Gasteiger partial charge < -0.3 is 20.5 Å². The minimum absolute atomic E-state index is 0.0958. The van der Waals surface area contributed by atoms with Crippen molar-refractivity contribution in [1.82, 2.24) is 5.32 Å². The van der Waals surface area contributed by atoms with E-state index >= 15 is 0 Å². The third-order valence-electron chi connectivity index (χ3n) is 6.38. The molecule has 2 aromatic rings. The van der Waals surface area contributed by atoms with Gasteiger partial charge in [0.2, 0.25) is 0 Å². The van der Waals surface area contributed by atoms with Crippen LogP contribution in [0.4, 0.5) is 5.69 Å². The van der Waals surface area contributed by atoms with Gasteiger partial charge in [0, 0.05) is 36.9 Å². The molecule has 7 nitrogen and oxygen atoms in total. The smallest absolute Gasteiger partial charge is 0.251 e. The SMILES string of the molecule is C\C=C/N=C(Nc1ccc(C(=O)NC(CO)CCCCOCCC)c(C)c1)\C(C)=N\C=C(/C)c1ccc(C)cc1. The van der Waals surface area contributed by atoms with Crippen molar-refractivity contribution in [1.29, 1.82) is 0 Å². The number of hydrogen-bond donors (Lipinski definition) is 3. The molecule has 2 aromatic carbocycles. The van der Waals surface area contributed by atoms with Crippen LogP contribution in [-0.4, -0.2) is 48.4 Å². The highest BCUT2D eigenvalue weighted by Gasteiger charge is 2.15. The lowest BCUT2D eigenvalue weighted by Gasteiger charge is -2.18. The standard InChI is InChI=1S/C33H46N4O3/c1-7-18-34-32(27(6)35-22-26(5)28-14-12-24(3)13-15-28)36-29-16-17-31(25(4)21-29)33(39)37-30(23-38)11-9-10-20-40-19-8-2/h7,12-18,21-22,30,38H,8-11,19-20,23H2,1-6H3,(H,34,36)(H,37,39)/b18-7-,26-22+,35-27+. The second kappa shape index (κ2) is 17.9. The maximum absolute atomic E-state index is 13.0. The predicted octanol–water partition coefficient (Wildman–Crippen LogP) is 6.86. The number of carbonyl (C=O) groups excluding carboxylic acids is 1. The number of ether oxygens (including phenoxy) is 1. The molecule has 7 heteroatoms. The average molecular weight is 547 g/mol. The number of amidine groups is 1. The molecule has 0 radical (unpaired) electrons. The summed E-state index contributed by atoms with van der Waals surface area (Å²) in [5.41, 5.74) is 6.33. The fourth-order valence-electron chi connectivity index (χ4n) is 3.96. The maximum Gasteiger partial charge on any atom is 0.251 e. The van der Waals surface area contributed by atoms with Crippen LogP contribution in [0, 0.1) is 13.8 Å². The summed E-state index contributed by atoms with van der Waals surface area (Å²) in [7, 11) is 0. The van der Waals surface area contributed by atoms with Gasteiger partial charge in [-0.15, -0.1) is 0 Å². The van der Waals surface area contributed by atoms with Gasteiger partial charge >= 0.3 is 0 Å². The molecule has 0 aliphatic rings. The van der Waals surface area contributed by atoms with Crippen molar-refractivity contribution in [2.24, 2.45) is 9.98 Å². The number of aliphatic hydroxyl groups excluding tert-OH is 1. The summed E-state index contributed by atoms with van der Waals surface area (Å²) in [6.45, 7) is 13.3. The van der Waals surface area contributed by atoms with Gasteiger partial charge in [0.1, 0.15) is 0 Å². The molecular weight excluding hydrogens is 500 g/mol. The van der Waals surface area contributed by atoms with E-state index in [1.807, 2.05) is 52.1 Å². The molecule has 3 N–H and O–H groups in total. The first kappa shape index (κ1) is 32.7. The van der Waals surface area contributed by atoms with Crippen molar-refractivity contribution < 1.29 is 14.6 Å². The van der Waals surface area contributed by atoms with Crippen molar-refractivity contribution in [2.75, 3.05) is 25.1 Å². The first-order valence-corrected chi connectivity index (χ1v) is 14.1. The summed E-state index contributed by atoms with van der Waals surface area (Å²) in [6, 6.07) is 13.6. The van der Waals surface area contributed by atoms with Crippen LogP contribution in [0.15, 0.2) is 70.9 Å². The summed E-state index contributed by atoms with van der Waals surface area (Å²) in [6.07, 6.45) is 8.93. The number of aryl methyl sites for hydroxylation is 2. The first-order chi connectivity index (χ1) is 19.3.